The number of nitrogens with zero attached hydrogens (tertiary/aromatic N) is 3. The topological polar surface area (TPSA) is 111 Å². The average Bonchev–Trinajstić information content (AvgIpc) is 3.64. The lowest BCUT2D eigenvalue weighted by atomic mass is 9.57. The maximum absolute atomic E-state index is 15.0. The van der Waals surface area contributed by atoms with Crippen LogP contribution in [0.3, 0.4) is 0 Å². The van der Waals surface area contributed by atoms with Crippen molar-refractivity contribution in [1.29, 1.82) is 0 Å². The number of methoxy groups -OCH3 is 1. The van der Waals surface area contributed by atoms with Crippen molar-refractivity contribution in [1.82, 2.24) is 15.1 Å². The number of hydrogen-bond donors (Lipinski definition) is 2. The number of carbonyl (C=O) groups is 2. The Morgan fingerprint density at radius 3 is 2.22 bits per heavy atom. The molecular formula is C43H51F4N5O5S. The van der Waals surface area contributed by atoms with Crippen molar-refractivity contribution in [3.05, 3.63) is 96.3 Å². The zero-order chi connectivity index (χ0) is 41.2. The summed E-state index contributed by atoms with van der Waals surface area (Å²) in [5.74, 6) is -0.290. The van der Waals surface area contributed by atoms with Gasteiger partial charge in [0.1, 0.15) is 5.82 Å². The van der Waals surface area contributed by atoms with Crippen molar-refractivity contribution < 1.29 is 40.3 Å². The van der Waals surface area contributed by atoms with Gasteiger partial charge in [-0.1, -0.05) is 25.1 Å². The van der Waals surface area contributed by atoms with E-state index in [4.69, 9.17) is 4.74 Å². The maximum atomic E-state index is 15.0. The van der Waals surface area contributed by atoms with E-state index in [1.165, 1.54) is 25.3 Å². The zero-order valence-electron chi connectivity index (χ0n) is 32.6. The fourth-order valence-corrected chi connectivity index (χ4v) is 11.1. The van der Waals surface area contributed by atoms with Crippen molar-refractivity contribution in [2.24, 2.45) is 17.8 Å². The molecule has 3 aromatic carbocycles. The Kier molecular flexibility index (Phi) is 12.2. The normalized spacial score (nSPS) is 22.1. The second-order valence-electron chi connectivity index (χ2n) is 16.2. The predicted octanol–water partition coefficient (Wildman–Crippen LogP) is 7.12. The second-order valence-corrected chi connectivity index (χ2v) is 18.2. The molecule has 3 saturated heterocycles. The van der Waals surface area contributed by atoms with E-state index in [1.54, 1.807) is 18.2 Å². The smallest absolute Gasteiger partial charge is 0.418 e. The lowest BCUT2D eigenvalue weighted by molar-refractivity contribution is -0.137. The number of halogens is 4. The third-order valence-electron chi connectivity index (χ3n) is 12.8. The number of sulfone groups is 1. The molecule has 0 aromatic heterocycles. The lowest BCUT2D eigenvalue weighted by Crippen LogP contribution is -2.60. The number of hydrogen-bond acceptors (Lipinski definition) is 8. The number of benzene rings is 3. The Labute approximate surface area is 337 Å². The van der Waals surface area contributed by atoms with Crippen LogP contribution in [0.1, 0.15) is 49.7 Å². The number of rotatable bonds is 13. The minimum absolute atomic E-state index is 0.0560. The van der Waals surface area contributed by atoms with E-state index in [9.17, 15) is 31.2 Å². The molecule has 0 spiro atoms. The SMILES string of the molecule is C=CC(=O)Nc1cc(S(=O)(=O)c2ccc(N3CC(CN4CCC(C(CN5CCC5)(c5cccc(F)c5)[C@H]5CCC[C@@H]5NC(=O)OC)CC4)C3)cc2)ccc1C(F)(F)F. The third-order valence-corrected chi connectivity index (χ3v) is 14.6. The van der Waals surface area contributed by atoms with Gasteiger partial charge in [0, 0.05) is 49.2 Å². The molecule has 1 unspecified atom stereocenters. The standard InChI is InChI=1S/C43H51F4N5O5S/c1-3-40(53)48-39-24-35(15-16-37(39)43(45,46)47)58(55,56)34-13-11-33(12-14-34)52-26-29(27-52)25-50-21-17-30(18-22-50)42(28-51-19-6-20-51,31-7-4-8-32(44)23-31)36-9-5-10-38(36)49-41(54)57-2/h3-4,7-8,11-16,23-24,29-30,36,38H,1,5-6,9-10,17-22,25-28H2,2H3,(H,48,53)(H,49,54)/t36-,38-,42?/m0/s1. The van der Waals surface area contributed by atoms with Gasteiger partial charge in [-0.15, -0.1) is 0 Å². The highest BCUT2D eigenvalue weighted by Gasteiger charge is 2.53. The maximum Gasteiger partial charge on any atom is 0.418 e. The number of ether oxygens (including phenoxy) is 1. The van der Waals surface area contributed by atoms with Crippen molar-refractivity contribution in [2.45, 2.75) is 65.9 Å². The predicted molar refractivity (Wildman–Crippen MR) is 213 cm³/mol. The van der Waals surface area contributed by atoms with Gasteiger partial charge >= 0.3 is 12.3 Å². The summed E-state index contributed by atoms with van der Waals surface area (Å²) >= 11 is 0. The molecule has 1 saturated carbocycles. The van der Waals surface area contributed by atoms with Crippen LogP contribution in [-0.4, -0.2) is 95.7 Å². The molecule has 58 heavy (non-hydrogen) atoms. The first-order valence-corrected chi connectivity index (χ1v) is 21.5. The van der Waals surface area contributed by atoms with Gasteiger partial charge in [0.05, 0.1) is 28.2 Å². The van der Waals surface area contributed by atoms with Gasteiger partial charge in [0.25, 0.3) is 0 Å². The van der Waals surface area contributed by atoms with Crippen molar-refractivity contribution >= 4 is 33.2 Å². The third kappa shape index (κ3) is 8.62. The molecule has 15 heteroatoms. The van der Waals surface area contributed by atoms with Gasteiger partial charge in [-0.2, -0.15) is 13.2 Å². The van der Waals surface area contributed by atoms with Crippen molar-refractivity contribution in [2.75, 3.05) is 69.7 Å². The Hall–Kier alpha value is -4.47. The number of piperidine rings is 1. The van der Waals surface area contributed by atoms with Crippen molar-refractivity contribution in [3.63, 3.8) is 0 Å². The molecule has 3 aromatic rings. The van der Waals surface area contributed by atoms with E-state index in [1.807, 2.05) is 6.07 Å². The summed E-state index contributed by atoms with van der Waals surface area (Å²) < 4.78 is 87.8. The lowest BCUT2D eigenvalue weighted by Gasteiger charge is -2.54. The Morgan fingerprint density at radius 2 is 1.60 bits per heavy atom. The molecule has 312 valence electrons. The molecule has 0 radical (unpaired) electrons. The van der Waals surface area contributed by atoms with Crippen LogP contribution in [0.4, 0.5) is 33.7 Å². The van der Waals surface area contributed by atoms with E-state index in [-0.39, 0.29) is 33.0 Å². The summed E-state index contributed by atoms with van der Waals surface area (Å²) in [6.45, 7) is 10.5. The minimum atomic E-state index is -4.81. The van der Waals surface area contributed by atoms with E-state index < -0.39 is 39.3 Å². The average molecular weight is 826 g/mol. The van der Waals surface area contributed by atoms with Crippen LogP contribution in [0.2, 0.25) is 0 Å². The highest BCUT2D eigenvalue weighted by atomic mass is 32.2. The summed E-state index contributed by atoms with van der Waals surface area (Å²) in [5, 5.41) is 5.22. The van der Waals surface area contributed by atoms with Crippen LogP contribution in [0.5, 0.6) is 0 Å². The highest BCUT2D eigenvalue weighted by Crippen LogP contribution is 2.51. The quantitative estimate of drug-likeness (QED) is 0.139. The van der Waals surface area contributed by atoms with Gasteiger partial charge in [-0.3, -0.25) is 4.79 Å². The number of likely N-dealkylation sites (tertiary alicyclic amines) is 2. The van der Waals surface area contributed by atoms with E-state index in [0.29, 0.717) is 17.9 Å². The number of alkyl halides is 3. The molecule has 7 rings (SSSR count). The second kappa shape index (κ2) is 17.0. The molecule has 2 N–H and O–H groups in total. The molecular weight excluding hydrogens is 775 g/mol. The minimum Gasteiger partial charge on any atom is -0.453 e. The van der Waals surface area contributed by atoms with Crippen LogP contribution in [0.15, 0.2) is 89.2 Å². The fraction of sp³-hybridized carbons (Fsp3) is 0.488. The Morgan fingerprint density at radius 1 is 0.897 bits per heavy atom. The van der Waals surface area contributed by atoms with Crippen molar-refractivity contribution in [3.8, 4) is 0 Å². The van der Waals surface area contributed by atoms with Gasteiger partial charge in [-0.25, -0.2) is 17.6 Å². The molecule has 10 nitrogen and oxygen atoms in total. The van der Waals surface area contributed by atoms with Gasteiger partial charge in [0.2, 0.25) is 15.7 Å². The van der Waals surface area contributed by atoms with E-state index in [2.05, 4.69) is 38.0 Å². The van der Waals surface area contributed by atoms with E-state index in [0.717, 1.165) is 120 Å². The van der Waals surface area contributed by atoms with E-state index >= 15 is 4.39 Å². The molecule has 3 heterocycles. The molecule has 4 aliphatic rings. The Balaban J connectivity index is 0.997. The molecule has 4 fully saturated rings. The first-order valence-electron chi connectivity index (χ1n) is 20.0. The molecule has 3 aliphatic heterocycles. The number of amides is 2. The summed E-state index contributed by atoms with van der Waals surface area (Å²) in [6.07, 6.45) is 1.44. The first kappa shape index (κ1) is 41.7. The largest absolute Gasteiger partial charge is 0.453 e. The van der Waals surface area contributed by atoms with Gasteiger partial charge < -0.3 is 30.1 Å². The van der Waals surface area contributed by atoms with Crippen LogP contribution >= 0.6 is 0 Å². The van der Waals surface area contributed by atoms with Crippen LogP contribution in [0, 0.1) is 23.6 Å². The number of nitrogens with one attached hydrogen (secondary N) is 2. The van der Waals surface area contributed by atoms with Crippen LogP contribution < -0.4 is 15.5 Å². The number of carbonyl (C=O) groups excluding carboxylic acids is 2. The number of alkyl carbamates (subject to hydrolysis) is 1. The highest BCUT2D eigenvalue weighted by molar-refractivity contribution is 7.91. The Bertz CT molecular complexity index is 2080. The van der Waals surface area contributed by atoms with Crippen LogP contribution in [0.25, 0.3) is 0 Å². The summed E-state index contributed by atoms with van der Waals surface area (Å²) in [7, 11) is -2.81. The molecule has 1 aliphatic carbocycles. The summed E-state index contributed by atoms with van der Waals surface area (Å²) in [4.78, 5) is 31.0. The monoisotopic (exact) mass is 825 g/mol. The molecule has 2 amide bonds. The summed E-state index contributed by atoms with van der Waals surface area (Å²) in [5.41, 5.74) is -0.298. The fourth-order valence-electron chi connectivity index (χ4n) is 9.83. The summed E-state index contributed by atoms with van der Waals surface area (Å²) in [6, 6.07) is 15.7. The molecule has 3 atom stereocenters. The number of anilines is 2. The first-order chi connectivity index (χ1) is 27.7. The zero-order valence-corrected chi connectivity index (χ0v) is 33.5. The van der Waals surface area contributed by atoms with Gasteiger partial charge in [0.15, 0.2) is 0 Å². The van der Waals surface area contributed by atoms with Gasteiger partial charge in [-0.05, 0) is 136 Å². The van der Waals surface area contributed by atoms with Crippen LogP contribution in [-0.2, 0) is 31.0 Å². The molecule has 0 bridgehead atoms.